The summed E-state index contributed by atoms with van der Waals surface area (Å²) in [5.41, 5.74) is 0.672. The summed E-state index contributed by atoms with van der Waals surface area (Å²) in [7, 11) is 1.56. The molecular weight excluding hydrogens is 216 g/mol. The van der Waals surface area contributed by atoms with Gasteiger partial charge in [0.25, 0.3) is 0 Å². The third-order valence-corrected chi connectivity index (χ3v) is 2.51. The van der Waals surface area contributed by atoms with E-state index < -0.39 is 0 Å². The van der Waals surface area contributed by atoms with E-state index in [-0.39, 0.29) is 12.7 Å². The molecule has 1 aromatic rings. The predicted molar refractivity (Wildman–Crippen MR) is 57.6 cm³/mol. The predicted octanol–water partition coefficient (Wildman–Crippen LogP) is 2.38. The van der Waals surface area contributed by atoms with Crippen molar-refractivity contribution in [3.63, 3.8) is 0 Å². The molecule has 15 heavy (non-hydrogen) atoms. The molecule has 1 fully saturated rings. The normalized spacial score (nSPS) is 15.1. The summed E-state index contributed by atoms with van der Waals surface area (Å²) >= 11 is 5.89. The number of benzene rings is 1. The van der Waals surface area contributed by atoms with Crippen molar-refractivity contribution in [2.75, 3.05) is 7.11 Å². The molecule has 0 spiro atoms. The van der Waals surface area contributed by atoms with Crippen molar-refractivity contribution in [3.8, 4) is 11.5 Å². The minimum absolute atomic E-state index is 0.0982. The lowest BCUT2D eigenvalue weighted by molar-refractivity contribution is 0.249. The van der Waals surface area contributed by atoms with Crippen LogP contribution in [0, 0.1) is 0 Å². The zero-order valence-corrected chi connectivity index (χ0v) is 9.25. The standard InChI is InChI=1S/C11H13ClO3/c1-14-10-5-8(12)4-7(6-13)11(10)15-9-2-3-9/h4-5,9,13H,2-3,6H2,1H3. The van der Waals surface area contributed by atoms with Crippen LogP contribution in [0.4, 0.5) is 0 Å². The first-order valence-corrected chi connectivity index (χ1v) is 5.26. The van der Waals surface area contributed by atoms with E-state index >= 15 is 0 Å². The van der Waals surface area contributed by atoms with Crippen LogP contribution in [-0.2, 0) is 6.61 Å². The first kappa shape index (κ1) is 10.6. The lowest BCUT2D eigenvalue weighted by Crippen LogP contribution is -2.02. The van der Waals surface area contributed by atoms with Crippen LogP contribution in [0.3, 0.4) is 0 Å². The lowest BCUT2D eigenvalue weighted by atomic mass is 10.2. The van der Waals surface area contributed by atoms with Gasteiger partial charge < -0.3 is 14.6 Å². The van der Waals surface area contributed by atoms with E-state index in [0.29, 0.717) is 22.1 Å². The molecule has 1 aromatic carbocycles. The van der Waals surface area contributed by atoms with Crippen molar-refractivity contribution < 1.29 is 14.6 Å². The molecule has 0 heterocycles. The number of rotatable bonds is 4. The van der Waals surface area contributed by atoms with Crippen LogP contribution in [0.25, 0.3) is 0 Å². The Labute approximate surface area is 93.6 Å². The van der Waals surface area contributed by atoms with Crippen LogP contribution in [-0.4, -0.2) is 18.3 Å². The Morgan fingerprint density at radius 3 is 2.73 bits per heavy atom. The van der Waals surface area contributed by atoms with Crippen LogP contribution in [0.2, 0.25) is 5.02 Å². The van der Waals surface area contributed by atoms with Gasteiger partial charge >= 0.3 is 0 Å². The van der Waals surface area contributed by atoms with Crippen molar-refractivity contribution in [2.24, 2.45) is 0 Å². The van der Waals surface area contributed by atoms with Crippen LogP contribution < -0.4 is 9.47 Å². The van der Waals surface area contributed by atoms with Gasteiger partial charge in [0, 0.05) is 16.7 Å². The molecule has 1 aliphatic rings. The van der Waals surface area contributed by atoms with Crippen LogP contribution >= 0.6 is 11.6 Å². The third-order valence-electron chi connectivity index (χ3n) is 2.30. The lowest BCUT2D eigenvalue weighted by Gasteiger charge is -2.14. The second kappa shape index (κ2) is 4.29. The Bertz CT molecular complexity index is 336. The topological polar surface area (TPSA) is 38.7 Å². The van der Waals surface area contributed by atoms with E-state index in [0.717, 1.165) is 12.8 Å². The molecule has 0 atom stereocenters. The van der Waals surface area contributed by atoms with Crippen LogP contribution in [0.5, 0.6) is 11.5 Å². The van der Waals surface area contributed by atoms with Gasteiger partial charge in [-0.3, -0.25) is 0 Å². The molecule has 1 aliphatic carbocycles. The van der Waals surface area contributed by atoms with E-state index in [4.69, 9.17) is 21.1 Å². The molecule has 1 N–H and O–H groups in total. The number of hydrogen-bond donors (Lipinski definition) is 1. The molecule has 0 amide bonds. The highest BCUT2D eigenvalue weighted by atomic mass is 35.5. The SMILES string of the molecule is COc1cc(Cl)cc(CO)c1OC1CC1. The minimum Gasteiger partial charge on any atom is -0.493 e. The molecule has 0 radical (unpaired) electrons. The van der Waals surface area contributed by atoms with E-state index in [1.54, 1.807) is 19.2 Å². The smallest absolute Gasteiger partial charge is 0.167 e. The molecule has 1 saturated carbocycles. The van der Waals surface area contributed by atoms with Crippen molar-refractivity contribution in [3.05, 3.63) is 22.7 Å². The second-order valence-electron chi connectivity index (χ2n) is 3.57. The Kier molecular flexibility index (Phi) is 3.03. The highest BCUT2D eigenvalue weighted by Gasteiger charge is 2.26. The molecule has 82 valence electrons. The van der Waals surface area contributed by atoms with E-state index in [9.17, 15) is 5.11 Å². The summed E-state index contributed by atoms with van der Waals surface area (Å²) in [5, 5.41) is 9.74. The number of aliphatic hydroxyl groups is 1. The molecule has 0 aromatic heterocycles. The summed E-state index contributed by atoms with van der Waals surface area (Å²) in [4.78, 5) is 0. The van der Waals surface area contributed by atoms with Gasteiger partial charge in [0.05, 0.1) is 19.8 Å². The Morgan fingerprint density at radius 1 is 1.47 bits per heavy atom. The summed E-state index contributed by atoms with van der Waals surface area (Å²) in [6.45, 7) is -0.0982. The molecule has 0 unspecified atom stereocenters. The van der Waals surface area contributed by atoms with Crippen molar-refractivity contribution in [1.29, 1.82) is 0 Å². The maximum atomic E-state index is 9.20. The van der Waals surface area contributed by atoms with Crippen LogP contribution in [0.15, 0.2) is 12.1 Å². The molecular formula is C11H13ClO3. The largest absolute Gasteiger partial charge is 0.493 e. The summed E-state index contributed by atoms with van der Waals surface area (Å²) in [5.74, 6) is 1.20. The van der Waals surface area contributed by atoms with E-state index in [2.05, 4.69) is 0 Å². The molecule has 0 aliphatic heterocycles. The van der Waals surface area contributed by atoms with Crippen molar-refractivity contribution in [1.82, 2.24) is 0 Å². The van der Waals surface area contributed by atoms with Gasteiger partial charge in [-0.15, -0.1) is 0 Å². The quantitative estimate of drug-likeness (QED) is 0.860. The van der Waals surface area contributed by atoms with E-state index in [1.165, 1.54) is 0 Å². The van der Waals surface area contributed by atoms with Crippen molar-refractivity contribution >= 4 is 11.6 Å². The first-order valence-electron chi connectivity index (χ1n) is 4.88. The molecule has 2 rings (SSSR count). The maximum absolute atomic E-state index is 9.20. The number of aliphatic hydroxyl groups excluding tert-OH is 1. The summed E-state index contributed by atoms with van der Waals surface area (Å²) in [6, 6.07) is 3.39. The maximum Gasteiger partial charge on any atom is 0.167 e. The van der Waals surface area contributed by atoms with Gasteiger partial charge in [-0.05, 0) is 18.9 Å². The number of hydrogen-bond acceptors (Lipinski definition) is 3. The fourth-order valence-electron chi connectivity index (χ4n) is 1.38. The number of halogens is 1. The Balaban J connectivity index is 2.36. The first-order chi connectivity index (χ1) is 7.24. The average molecular weight is 229 g/mol. The van der Waals surface area contributed by atoms with E-state index in [1.807, 2.05) is 0 Å². The minimum atomic E-state index is -0.0982. The fraction of sp³-hybridized carbons (Fsp3) is 0.455. The van der Waals surface area contributed by atoms with Crippen LogP contribution in [0.1, 0.15) is 18.4 Å². The van der Waals surface area contributed by atoms with Gasteiger partial charge in [-0.25, -0.2) is 0 Å². The number of methoxy groups -OCH3 is 1. The van der Waals surface area contributed by atoms with Gasteiger partial charge in [0.1, 0.15) is 0 Å². The van der Waals surface area contributed by atoms with Gasteiger partial charge in [0.15, 0.2) is 11.5 Å². The zero-order valence-electron chi connectivity index (χ0n) is 8.50. The van der Waals surface area contributed by atoms with Crippen molar-refractivity contribution in [2.45, 2.75) is 25.6 Å². The third kappa shape index (κ3) is 2.36. The summed E-state index contributed by atoms with van der Waals surface area (Å²) in [6.07, 6.45) is 2.40. The highest BCUT2D eigenvalue weighted by Crippen LogP contribution is 2.38. The average Bonchev–Trinajstić information content (AvgIpc) is 3.03. The summed E-state index contributed by atoms with van der Waals surface area (Å²) < 4.78 is 10.9. The highest BCUT2D eigenvalue weighted by molar-refractivity contribution is 6.30. The Morgan fingerprint density at radius 2 is 2.20 bits per heavy atom. The zero-order chi connectivity index (χ0) is 10.8. The molecule has 0 bridgehead atoms. The monoisotopic (exact) mass is 228 g/mol. The van der Waals surface area contributed by atoms with Gasteiger partial charge in [-0.1, -0.05) is 11.6 Å². The molecule has 3 nitrogen and oxygen atoms in total. The second-order valence-corrected chi connectivity index (χ2v) is 4.01. The van der Waals surface area contributed by atoms with Gasteiger partial charge in [-0.2, -0.15) is 0 Å². The van der Waals surface area contributed by atoms with Gasteiger partial charge in [0.2, 0.25) is 0 Å². The molecule has 0 saturated heterocycles. The molecule has 4 heteroatoms. The fourth-order valence-corrected chi connectivity index (χ4v) is 1.61. The Hall–Kier alpha value is -0.930. The number of ether oxygens (including phenoxy) is 2.